The fraction of sp³-hybridized carbons (Fsp3) is 0.500. The van der Waals surface area contributed by atoms with Crippen LogP contribution in [0.3, 0.4) is 0 Å². The van der Waals surface area contributed by atoms with E-state index in [0.29, 0.717) is 17.9 Å². The van der Waals surface area contributed by atoms with Crippen LogP contribution in [0.25, 0.3) is 0 Å². The van der Waals surface area contributed by atoms with E-state index in [1.807, 2.05) is 24.3 Å². The van der Waals surface area contributed by atoms with Crippen molar-refractivity contribution in [3.05, 3.63) is 24.3 Å². The third kappa shape index (κ3) is 2.58. The van der Waals surface area contributed by atoms with Crippen LogP contribution in [0.4, 0.5) is 0 Å². The summed E-state index contributed by atoms with van der Waals surface area (Å²) >= 11 is 0. The predicted octanol–water partition coefficient (Wildman–Crippen LogP) is 2.56. The van der Waals surface area contributed by atoms with Crippen molar-refractivity contribution in [2.45, 2.75) is 31.3 Å². The molecule has 0 aromatic heterocycles. The molecule has 1 aliphatic rings. The zero-order valence-electron chi connectivity index (χ0n) is 10.8. The van der Waals surface area contributed by atoms with Gasteiger partial charge in [0.15, 0.2) is 11.5 Å². The molecular formula is C14H18O4. The summed E-state index contributed by atoms with van der Waals surface area (Å²) in [5.41, 5.74) is -0.415. The molecule has 1 saturated carbocycles. The van der Waals surface area contributed by atoms with E-state index in [-0.39, 0.29) is 5.97 Å². The SMILES string of the molecule is COC(=O)CC1(Oc2ccccc2OC)CCC1. The highest BCUT2D eigenvalue weighted by Crippen LogP contribution is 2.42. The van der Waals surface area contributed by atoms with Gasteiger partial charge in [0.1, 0.15) is 5.60 Å². The van der Waals surface area contributed by atoms with Crippen molar-refractivity contribution in [1.29, 1.82) is 0 Å². The summed E-state index contributed by atoms with van der Waals surface area (Å²) in [7, 11) is 3.01. The summed E-state index contributed by atoms with van der Waals surface area (Å²) < 4.78 is 16.0. The predicted molar refractivity (Wildman–Crippen MR) is 66.8 cm³/mol. The van der Waals surface area contributed by atoms with E-state index in [4.69, 9.17) is 14.2 Å². The third-order valence-electron chi connectivity index (χ3n) is 3.35. The Morgan fingerprint density at radius 1 is 1.22 bits per heavy atom. The quantitative estimate of drug-likeness (QED) is 0.753. The Balaban J connectivity index is 2.12. The van der Waals surface area contributed by atoms with Crippen LogP contribution in [-0.4, -0.2) is 25.8 Å². The smallest absolute Gasteiger partial charge is 0.309 e. The Kier molecular flexibility index (Phi) is 3.75. The van der Waals surface area contributed by atoms with Crippen LogP contribution in [0, 0.1) is 0 Å². The number of esters is 1. The first-order valence-corrected chi connectivity index (χ1v) is 6.08. The van der Waals surface area contributed by atoms with E-state index in [1.54, 1.807) is 7.11 Å². The van der Waals surface area contributed by atoms with E-state index < -0.39 is 5.60 Å². The lowest BCUT2D eigenvalue weighted by atomic mass is 9.77. The fourth-order valence-electron chi connectivity index (χ4n) is 2.16. The van der Waals surface area contributed by atoms with Gasteiger partial charge in [-0.2, -0.15) is 0 Å². The molecule has 98 valence electrons. The first-order chi connectivity index (χ1) is 8.69. The molecule has 0 saturated heterocycles. The molecule has 4 heteroatoms. The van der Waals surface area contributed by atoms with Gasteiger partial charge in [-0.3, -0.25) is 4.79 Å². The van der Waals surface area contributed by atoms with E-state index in [9.17, 15) is 4.79 Å². The first kappa shape index (κ1) is 12.7. The van der Waals surface area contributed by atoms with Crippen molar-refractivity contribution < 1.29 is 19.0 Å². The van der Waals surface area contributed by atoms with Crippen LogP contribution in [-0.2, 0) is 9.53 Å². The number of rotatable bonds is 5. The zero-order chi connectivity index (χ0) is 13.0. The van der Waals surface area contributed by atoms with Gasteiger partial charge in [0, 0.05) is 0 Å². The standard InChI is InChI=1S/C14H18O4/c1-16-11-6-3-4-7-12(11)18-14(8-5-9-14)10-13(15)17-2/h3-4,6-7H,5,8-10H2,1-2H3. The molecule has 1 fully saturated rings. The van der Waals surface area contributed by atoms with Gasteiger partial charge in [-0.05, 0) is 31.4 Å². The monoisotopic (exact) mass is 250 g/mol. The molecule has 18 heavy (non-hydrogen) atoms. The minimum Gasteiger partial charge on any atom is -0.493 e. The van der Waals surface area contributed by atoms with Gasteiger partial charge in [-0.25, -0.2) is 0 Å². The summed E-state index contributed by atoms with van der Waals surface area (Å²) in [5.74, 6) is 1.14. The molecule has 1 aromatic rings. The molecule has 1 aromatic carbocycles. The molecule has 2 rings (SSSR count). The maximum atomic E-state index is 11.4. The van der Waals surface area contributed by atoms with Crippen LogP contribution >= 0.6 is 0 Å². The van der Waals surface area contributed by atoms with Crippen LogP contribution < -0.4 is 9.47 Å². The first-order valence-electron chi connectivity index (χ1n) is 6.08. The minimum absolute atomic E-state index is 0.232. The molecule has 0 heterocycles. The number of benzene rings is 1. The van der Waals surface area contributed by atoms with Gasteiger partial charge in [-0.1, -0.05) is 12.1 Å². The molecule has 0 bridgehead atoms. The summed E-state index contributed by atoms with van der Waals surface area (Å²) in [5, 5.41) is 0. The molecule has 0 atom stereocenters. The van der Waals surface area contributed by atoms with Crippen molar-refractivity contribution in [3.8, 4) is 11.5 Å². The molecule has 0 aliphatic heterocycles. The second kappa shape index (κ2) is 5.29. The van der Waals surface area contributed by atoms with E-state index in [2.05, 4.69) is 0 Å². The van der Waals surface area contributed by atoms with Gasteiger partial charge in [0.25, 0.3) is 0 Å². The van der Waals surface area contributed by atoms with Crippen LogP contribution in [0.15, 0.2) is 24.3 Å². The lowest BCUT2D eigenvalue weighted by Gasteiger charge is -2.41. The Hall–Kier alpha value is -1.71. The van der Waals surface area contributed by atoms with Crippen molar-refractivity contribution >= 4 is 5.97 Å². The second-order valence-electron chi connectivity index (χ2n) is 4.54. The maximum Gasteiger partial charge on any atom is 0.309 e. The highest BCUT2D eigenvalue weighted by Gasteiger charge is 2.42. The number of hydrogen-bond donors (Lipinski definition) is 0. The number of hydrogen-bond acceptors (Lipinski definition) is 4. The van der Waals surface area contributed by atoms with Crippen molar-refractivity contribution in [1.82, 2.24) is 0 Å². The summed E-state index contributed by atoms with van der Waals surface area (Å²) in [6, 6.07) is 7.48. The Labute approximate surface area is 107 Å². The largest absolute Gasteiger partial charge is 0.493 e. The van der Waals surface area contributed by atoms with Gasteiger partial charge in [0.2, 0.25) is 0 Å². The molecule has 0 spiro atoms. The number of para-hydroxylation sites is 2. The van der Waals surface area contributed by atoms with Gasteiger partial charge < -0.3 is 14.2 Å². The van der Waals surface area contributed by atoms with Gasteiger partial charge in [-0.15, -0.1) is 0 Å². The van der Waals surface area contributed by atoms with Crippen molar-refractivity contribution in [3.63, 3.8) is 0 Å². The summed E-state index contributed by atoms with van der Waals surface area (Å²) in [4.78, 5) is 11.4. The number of carbonyl (C=O) groups is 1. The average Bonchev–Trinajstić information content (AvgIpc) is 2.36. The minimum atomic E-state index is -0.415. The average molecular weight is 250 g/mol. The molecule has 0 radical (unpaired) electrons. The molecule has 0 unspecified atom stereocenters. The molecule has 0 amide bonds. The van der Waals surface area contributed by atoms with Gasteiger partial charge in [0.05, 0.1) is 20.6 Å². The number of ether oxygens (including phenoxy) is 3. The van der Waals surface area contributed by atoms with Crippen molar-refractivity contribution in [2.75, 3.05) is 14.2 Å². The second-order valence-corrected chi connectivity index (χ2v) is 4.54. The van der Waals surface area contributed by atoms with E-state index in [1.165, 1.54) is 7.11 Å². The van der Waals surface area contributed by atoms with E-state index in [0.717, 1.165) is 19.3 Å². The number of carbonyl (C=O) groups excluding carboxylic acids is 1. The van der Waals surface area contributed by atoms with Crippen LogP contribution in [0.5, 0.6) is 11.5 Å². The lowest BCUT2D eigenvalue weighted by Crippen LogP contribution is -2.45. The molecule has 1 aliphatic carbocycles. The Morgan fingerprint density at radius 2 is 1.89 bits per heavy atom. The van der Waals surface area contributed by atoms with E-state index >= 15 is 0 Å². The maximum absolute atomic E-state index is 11.4. The topological polar surface area (TPSA) is 44.8 Å². The Morgan fingerprint density at radius 3 is 2.39 bits per heavy atom. The fourth-order valence-corrected chi connectivity index (χ4v) is 2.16. The Bertz CT molecular complexity index is 424. The third-order valence-corrected chi connectivity index (χ3v) is 3.35. The molecular weight excluding hydrogens is 232 g/mol. The van der Waals surface area contributed by atoms with Gasteiger partial charge >= 0.3 is 5.97 Å². The summed E-state index contributed by atoms with van der Waals surface area (Å²) in [6.45, 7) is 0. The van der Waals surface area contributed by atoms with Crippen LogP contribution in [0.1, 0.15) is 25.7 Å². The highest BCUT2D eigenvalue weighted by atomic mass is 16.5. The zero-order valence-corrected chi connectivity index (χ0v) is 10.8. The number of methoxy groups -OCH3 is 2. The van der Waals surface area contributed by atoms with Crippen molar-refractivity contribution in [2.24, 2.45) is 0 Å². The molecule has 0 N–H and O–H groups in total. The lowest BCUT2D eigenvalue weighted by molar-refractivity contribution is -0.148. The molecule has 4 nitrogen and oxygen atoms in total. The normalized spacial score (nSPS) is 16.6. The summed E-state index contributed by atoms with van der Waals surface area (Å²) in [6.07, 6.45) is 3.12. The van der Waals surface area contributed by atoms with Crippen LogP contribution in [0.2, 0.25) is 0 Å². The highest BCUT2D eigenvalue weighted by molar-refractivity contribution is 5.70.